The summed E-state index contributed by atoms with van der Waals surface area (Å²) in [5, 5.41) is 20.7. The number of nitrogens with one attached hydrogen (secondary N) is 1. The van der Waals surface area contributed by atoms with E-state index in [-0.39, 0.29) is 25.0 Å². The van der Waals surface area contributed by atoms with Crippen LogP contribution in [0.5, 0.6) is 0 Å². The van der Waals surface area contributed by atoms with E-state index < -0.39 is 5.60 Å². The molecule has 0 rings (SSSR count). The summed E-state index contributed by atoms with van der Waals surface area (Å²) in [4.78, 5) is 11.3. The van der Waals surface area contributed by atoms with Crippen LogP contribution in [-0.4, -0.2) is 48.6 Å². The Morgan fingerprint density at radius 1 is 1.60 bits per heavy atom. The Hall–Kier alpha value is -0.650. The van der Waals surface area contributed by atoms with Crippen molar-refractivity contribution in [1.82, 2.24) is 5.32 Å². The lowest BCUT2D eigenvalue weighted by atomic mass is 10.1. The minimum Gasteiger partial charge on any atom is -0.393 e. The lowest BCUT2D eigenvalue weighted by molar-refractivity contribution is -0.123. The van der Waals surface area contributed by atoms with Gasteiger partial charge in [-0.2, -0.15) is 0 Å². The van der Waals surface area contributed by atoms with Crippen LogP contribution in [-0.2, 0) is 9.53 Å². The number of hydrogen-bond donors (Lipinski definition) is 3. The molecule has 0 fully saturated rings. The zero-order valence-corrected chi connectivity index (χ0v) is 9.62. The first-order valence-corrected chi connectivity index (χ1v) is 5.00. The van der Waals surface area contributed by atoms with Gasteiger partial charge in [-0.1, -0.05) is 6.92 Å². The van der Waals surface area contributed by atoms with E-state index in [4.69, 9.17) is 9.84 Å². The number of rotatable bonds is 7. The zero-order valence-electron chi connectivity index (χ0n) is 9.62. The zero-order chi connectivity index (χ0) is 11.9. The average Bonchev–Trinajstić information content (AvgIpc) is 2.15. The van der Waals surface area contributed by atoms with Gasteiger partial charge in [0.15, 0.2) is 0 Å². The molecule has 0 bridgehead atoms. The van der Waals surface area contributed by atoms with E-state index in [2.05, 4.69) is 5.32 Å². The molecule has 0 aliphatic carbocycles. The molecule has 15 heavy (non-hydrogen) atoms. The van der Waals surface area contributed by atoms with Gasteiger partial charge in [0.1, 0.15) is 5.60 Å². The second-order valence-electron chi connectivity index (χ2n) is 4.20. The molecule has 2 unspecified atom stereocenters. The minimum absolute atomic E-state index is 0.0576. The van der Waals surface area contributed by atoms with Crippen LogP contribution in [0.3, 0.4) is 0 Å². The standard InChI is InChI=1S/C10H21NO4/c1-8(5-15-3)4-9(13)11-6-10(2,14)7-12/h8,12,14H,4-7H2,1-3H3,(H,11,13). The van der Waals surface area contributed by atoms with Crippen molar-refractivity contribution >= 4 is 5.91 Å². The van der Waals surface area contributed by atoms with Crippen LogP contribution in [0.4, 0.5) is 0 Å². The van der Waals surface area contributed by atoms with E-state index in [1.807, 2.05) is 6.92 Å². The number of amides is 1. The Bertz CT molecular complexity index is 194. The molecular formula is C10H21NO4. The van der Waals surface area contributed by atoms with Crippen LogP contribution < -0.4 is 5.32 Å². The van der Waals surface area contributed by atoms with E-state index in [1.54, 1.807) is 7.11 Å². The third kappa shape index (κ3) is 7.30. The molecule has 0 aromatic heterocycles. The second kappa shape index (κ2) is 6.76. The van der Waals surface area contributed by atoms with Gasteiger partial charge in [-0.15, -0.1) is 0 Å². The van der Waals surface area contributed by atoms with Crippen LogP contribution in [0.2, 0.25) is 0 Å². The van der Waals surface area contributed by atoms with Crippen molar-refractivity contribution in [3.8, 4) is 0 Å². The lowest BCUT2D eigenvalue weighted by Gasteiger charge is -2.21. The smallest absolute Gasteiger partial charge is 0.220 e. The van der Waals surface area contributed by atoms with E-state index in [0.717, 1.165) is 0 Å². The Labute approximate surface area is 90.4 Å². The van der Waals surface area contributed by atoms with Gasteiger partial charge in [-0.25, -0.2) is 0 Å². The van der Waals surface area contributed by atoms with Gasteiger partial charge in [0.25, 0.3) is 0 Å². The quantitative estimate of drug-likeness (QED) is 0.540. The van der Waals surface area contributed by atoms with Crippen LogP contribution in [0.25, 0.3) is 0 Å². The average molecular weight is 219 g/mol. The molecule has 0 aromatic carbocycles. The predicted molar refractivity (Wildman–Crippen MR) is 56.4 cm³/mol. The first-order valence-electron chi connectivity index (χ1n) is 5.00. The molecule has 0 aliphatic heterocycles. The van der Waals surface area contributed by atoms with Crippen molar-refractivity contribution in [2.45, 2.75) is 25.9 Å². The first kappa shape index (κ1) is 14.3. The molecule has 0 radical (unpaired) electrons. The maximum atomic E-state index is 11.3. The fraction of sp³-hybridized carbons (Fsp3) is 0.900. The molecule has 90 valence electrons. The molecule has 5 nitrogen and oxygen atoms in total. The maximum absolute atomic E-state index is 11.3. The molecule has 5 heteroatoms. The molecule has 2 atom stereocenters. The molecular weight excluding hydrogens is 198 g/mol. The molecule has 1 amide bonds. The van der Waals surface area contributed by atoms with Crippen LogP contribution in [0, 0.1) is 5.92 Å². The third-order valence-corrected chi connectivity index (χ3v) is 1.99. The number of carbonyl (C=O) groups is 1. The third-order valence-electron chi connectivity index (χ3n) is 1.99. The van der Waals surface area contributed by atoms with Crippen molar-refractivity contribution < 1.29 is 19.7 Å². The summed E-state index contributed by atoms with van der Waals surface area (Å²) in [5.41, 5.74) is -1.25. The monoisotopic (exact) mass is 219 g/mol. The number of methoxy groups -OCH3 is 1. The summed E-state index contributed by atoms with van der Waals surface area (Å²) in [6.45, 7) is 3.59. The molecule has 3 N–H and O–H groups in total. The summed E-state index contributed by atoms with van der Waals surface area (Å²) < 4.78 is 4.90. The number of carbonyl (C=O) groups excluding carboxylic acids is 1. The Morgan fingerprint density at radius 2 is 2.20 bits per heavy atom. The SMILES string of the molecule is COCC(C)CC(=O)NCC(C)(O)CO. The van der Waals surface area contributed by atoms with E-state index >= 15 is 0 Å². The summed E-state index contributed by atoms with van der Waals surface area (Å²) >= 11 is 0. The lowest BCUT2D eigenvalue weighted by Crippen LogP contribution is -2.43. The molecule has 0 spiro atoms. The van der Waals surface area contributed by atoms with Crippen molar-refractivity contribution in [2.75, 3.05) is 26.9 Å². The molecule has 0 aromatic rings. The van der Waals surface area contributed by atoms with Gasteiger partial charge in [0.2, 0.25) is 5.91 Å². The number of ether oxygens (including phenoxy) is 1. The van der Waals surface area contributed by atoms with Crippen molar-refractivity contribution in [3.05, 3.63) is 0 Å². The number of aliphatic hydroxyl groups excluding tert-OH is 1. The van der Waals surface area contributed by atoms with Gasteiger partial charge in [0.05, 0.1) is 6.61 Å². The highest BCUT2D eigenvalue weighted by Gasteiger charge is 2.20. The largest absolute Gasteiger partial charge is 0.393 e. The highest BCUT2D eigenvalue weighted by molar-refractivity contribution is 5.76. The Balaban J connectivity index is 3.75. The summed E-state index contributed by atoms with van der Waals surface area (Å²) in [6.07, 6.45) is 0.356. The molecule has 0 heterocycles. The fourth-order valence-corrected chi connectivity index (χ4v) is 1.08. The van der Waals surface area contributed by atoms with E-state index in [9.17, 15) is 9.90 Å². The summed E-state index contributed by atoms with van der Waals surface area (Å²) in [6, 6.07) is 0. The maximum Gasteiger partial charge on any atom is 0.220 e. The minimum atomic E-state index is -1.25. The van der Waals surface area contributed by atoms with Gasteiger partial charge in [-0.05, 0) is 12.8 Å². The molecule has 0 saturated carbocycles. The van der Waals surface area contributed by atoms with Crippen LogP contribution in [0.15, 0.2) is 0 Å². The summed E-state index contributed by atoms with van der Waals surface area (Å²) in [7, 11) is 1.59. The Morgan fingerprint density at radius 3 is 2.67 bits per heavy atom. The fourth-order valence-electron chi connectivity index (χ4n) is 1.08. The van der Waals surface area contributed by atoms with Gasteiger partial charge < -0.3 is 20.3 Å². The van der Waals surface area contributed by atoms with Crippen LogP contribution in [0.1, 0.15) is 20.3 Å². The highest BCUT2D eigenvalue weighted by atomic mass is 16.5. The highest BCUT2D eigenvalue weighted by Crippen LogP contribution is 2.03. The van der Waals surface area contributed by atoms with Gasteiger partial charge >= 0.3 is 0 Å². The molecule has 0 aliphatic rings. The van der Waals surface area contributed by atoms with Crippen molar-refractivity contribution in [2.24, 2.45) is 5.92 Å². The topological polar surface area (TPSA) is 78.8 Å². The normalized spacial score (nSPS) is 16.9. The summed E-state index contributed by atoms with van der Waals surface area (Å²) in [5.74, 6) is 0.00218. The van der Waals surface area contributed by atoms with Crippen molar-refractivity contribution in [3.63, 3.8) is 0 Å². The second-order valence-corrected chi connectivity index (χ2v) is 4.20. The molecule has 0 saturated heterocycles. The van der Waals surface area contributed by atoms with Crippen LogP contribution >= 0.6 is 0 Å². The number of hydrogen-bond acceptors (Lipinski definition) is 4. The van der Waals surface area contributed by atoms with Gasteiger partial charge in [0, 0.05) is 26.7 Å². The Kier molecular flexibility index (Phi) is 6.47. The van der Waals surface area contributed by atoms with E-state index in [1.165, 1.54) is 6.92 Å². The van der Waals surface area contributed by atoms with E-state index in [0.29, 0.717) is 13.0 Å². The number of aliphatic hydroxyl groups is 2. The first-order chi connectivity index (χ1) is 6.91. The predicted octanol–water partition coefficient (Wildman–Crippen LogP) is -0.481. The van der Waals surface area contributed by atoms with Crippen molar-refractivity contribution in [1.29, 1.82) is 0 Å². The van der Waals surface area contributed by atoms with Gasteiger partial charge in [-0.3, -0.25) is 4.79 Å².